The topological polar surface area (TPSA) is 66.4 Å². The fourth-order valence-electron chi connectivity index (χ4n) is 3.00. The van der Waals surface area contributed by atoms with Gasteiger partial charge in [0, 0.05) is 24.9 Å². The van der Waals surface area contributed by atoms with Crippen molar-refractivity contribution in [1.82, 2.24) is 5.32 Å². The molecule has 0 aliphatic heterocycles. The Morgan fingerprint density at radius 3 is 2.39 bits per heavy atom. The van der Waals surface area contributed by atoms with Crippen molar-refractivity contribution >= 4 is 9.84 Å². The predicted molar refractivity (Wildman–Crippen MR) is 74.4 cm³/mol. The average molecular weight is 277 g/mol. The SMILES string of the molecule is CC(CS(C)(=O)=O)NC(CCO)C1CCCCC1. The van der Waals surface area contributed by atoms with Gasteiger partial charge in [-0.2, -0.15) is 0 Å². The van der Waals surface area contributed by atoms with E-state index in [2.05, 4.69) is 5.32 Å². The van der Waals surface area contributed by atoms with E-state index in [1.54, 1.807) is 0 Å². The van der Waals surface area contributed by atoms with Crippen LogP contribution in [0.25, 0.3) is 0 Å². The van der Waals surface area contributed by atoms with Crippen molar-refractivity contribution in [3.63, 3.8) is 0 Å². The Hall–Kier alpha value is -0.130. The van der Waals surface area contributed by atoms with Crippen LogP contribution in [-0.2, 0) is 9.84 Å². The van der Waals surface area contributed by atoms with E-state index in [0.29, 0.717) is 5.92 Å². The first-order valence-electron chi connectivity index (χ1n) is 6.97. The molecule has 0 saturated heterocycles. The third-order valence-corrected chi connectivity index (χ3v) is 4.82. The Morgan fingerprint density at radius 1 is 1.28 bits per heavy atom. The molecule has 18 heavy (non-hydrogen) atoms. The van der Waals surface area contributed by atoms with Gasteiger partial charge in [-0.25, -0.2) is 8.42 Å². The van der Waals surface area contributed by atoms with Gasteiger partial charge in [0.25, 0.3) is 0 Å². The van der Waals surface area contributed by atoms with Gasteiger partial charge < -0.3 is 10.4 Å². The second kappa shape index (κ2) is 7.46. The van der Waals surface area contributed by atoms with Crippen LogP contribution in [0, 0.1) is 5.92 Å². The molecule has 5 heteroatoms. The van der Waals surface area contributed by atoms with Crippen LogP contribution in [0.2, 0.25) is 0 Å². The van der Waals surface area contributed by atoms with E-state index in [0.717, 1.165) is 6.42 Å². The molecular formula is C13H27NO3S. The highest BCUT2D eigenvalue weighted by Gasteiger charge is 2.25. The van der Waals surface area contributed by atoms with Gasteiger partial charge in [-0.05, 0) is 32.1 Å². The van der Waals surface area contributed by atoms with Crippen molar-refractivity contribution in [1.29, 1.82) is 0 Å². The summed E-state index contributed by atoms with van der Waals surface area (Å²) in [6, 6.07) is 0.213. The van der Waals surface area contributed by atoms with Crippen LogP contribution in [0.5, 0.6) is 0 Å². The number of sulfone groups is 1. The second-order valence-corrected chi connectivity index (χ2v) is 7.86. The number of rotatable bonds is 7. The van der Waals surface area contributed by atoms with E-state index >= 15 is 0 Å². The molecule has 2 unspecified atom stereocenters. The lowest BCUT2D eigenvalue weighted by molar-refractivity contribution is 0.200. The van der Waals surface area contributed by atoms with Crippen LogP contribution in [0.1, 0.15) is 45.4 Å². The lowest BCUT2D eigenvalue weighted by Crippen LogP contribution is -2.45. The van der Waals surface area contributed by atoms with Crippen molar-refractivity contribution in [2.24, 2.45) is 5.92 Å². The highest BCUT2D eigenvalue weighted by molar-refractivity contribution is 7.90. The molecule has 1 fully saturated rings. The molecule has 1 aliphatic carbocycles. The van der Waals surface area contributed by atoms with E-state index < -0.39 is 9.84 Å². The van der Waals surface area contributed by atoms with Gasteiger partial charge in [0.1, 0.15) is 9.84 Å². The minimum absolute atomic E-state index is 0.0431. The molecule has 4 nitrogen and oxygen atoms in total. The van der Waals surface area contributed by atoms with Crippen LogP contribution < -0.4 is 5.32 Å². The lowest BCUT2D eigenvalue weighted by atomic mass is 9.82. The molecule has 2 N–H and O–H groups in total. The molecule has 1 saturated carbocycles. The van der Waals surface area contributed by atoms with Gasteiger partial charge in [0.15, 0.2) is 0 Å². The molecule has 2 atom stereocenters. The minimum atomic E-state index is -2.94. The van der Waals surface area contributed by atoms with E-state index in [9.17, 15) is 8.42 Å². The molecule has 0 radical (unpaired) electrons. The molecular weight excluding hydrogens is 250 g/mol. The average Bonchev–Trinajstić information content (AvgIpc) is 2.27. The summed E-state index contributed by atoms with van der Waals surface area (Å²) in [5, 5.41) is 12.6. The first kappa shape index (κ1) is 15.9. The van der Waals surface area contributed by atoms with E-state index in [1.165, 1.54) is 38.4 Å². The van der Waals surface area contributed by atoms with E-state index in [4.69, 9.17) is 5.11 Å². The van der Waals surface area contributed by atoms with Crippen LogP contribution in [0.15, 0.2) is 0 Å². The highest BCUT2D eigenvalue weighted by Crippen LogP contribution is 2.27. The minimum Gasteiger partial charge on any atom is -0.396 e. The number of hydrogen-bond acceptors (Lipinski definition) is 4. The maximum Gasteiger partial charge on any atom is 0.148 e. The zero-order chi connectivity index (χ0) is 13.6. The smallest absolute Gasteiger partial charge is 0.148 e. The fourth-order valence-corrected chi connectivity index (χ4v) is 4.00. The zero-order valence-corrected chi connectivity index (χ0v) is 12.4. The lowest BCUT2D eigenvalue weighted by Gasteiger charge is -2.32. The van der Waals surface area contributed by atoms with Gasteiger partial charge in [-0.3, -0.25) is 0 Å². The summed E-state index contributed by atoms with van der Waals surface area (Å²) in [5.41, 5.74) is 0. The maximum absolute atomic E-state index is 11.3. The number of hydrogen-bond donors (Lipinski definition) is 2. The Bertz CT molecular complexity index is 323. The monoisotopic (exact) mass is 277 g/mol. The summed E-state index contributed by atoms with van der Waals surface area (Å²) >= 11 is 0. The van der Waals surface area contributed by atoms with Crippen molar-refractivity contribution in [3.8, 4) is 0 Å². The first-order chi connectivity index (χ1) is 8.42. The highest BCUT2D eigenvalue weighted by atomic mass is 32.2. The van der Waals surface area contributed by atoms with Crippen LogP contribution in [0.4, 0.5) is 0 Å². The normalized spacial score (nSPS) is 21.7. The van der Waals surface area contributed by atoms with Crippen molar-refractivity contribution in [2.45, 2.75) is 57.5 Å². The van der Waals surface area contributed by atoms with Gasteiger partial charge in [0.2, 0.25) is 0 Å². The summed E-state index contributed by atoms with van der Waals surface area (Å²) in [4.78, 5) is 0. The van der Waals surface area contributed by atoms with Gasteiger partial charge in [-0.15, -0.1) is 0 Å². The van der Waals surface area contributed by atoms with Crippen LogP contribution in [0.3, 0.4) is 0 Å². The Kier molecular flexibility index (Phi) is 6.60. The largest absolute Gasteiger partial charge is 0.396 e. The molecule has 0 spiro atoms. The zero-order valence-electron chi connectivity index (χ0n) is 11.6. The van der Waals surface area contributed by atoms with Crippen LogP contribution in [-0.4, -0.2) is 44.2 Å². The molecule has 0 aromatic rings. The quantitative estimate of drug-likeness (QED) is 0.737. The Morgan fingerprint density at radius 2 is 1.89 bits per heavy atom. The molecule has 1 aliphatic rings. The maximum atomic E-state index is 11.3. The molecule has 0 heterocycles. The third kappa shape index (κ3) is 6.16. The Labute approximate surface area is 111 Å². The van der Waals surface area contributed by atoms with Crippen molar-refractivity contribution in [2.75, 3.05) is 18.6 Å². The number of nitrogens with one attached hydrogen (secondary N) is 1. The first-order valence-corrected chi connectivity index (χ1v) is 9.03. The predicted octanol–water partition coefficient (Wildman–Crippen LogP) is 1.34. The molecule has 0 aromatic heterocycles. The summed E-state index contributed by atoms with van der Waals surface area (Å²) in [5.74, 6) is 0.759. The second-order valence-electron chi connectivity index (χ2n) is 5.68. The fraction of sp³-hybridized carbons (Fsp3) is 1.00. The van der Waals surface area contributed by atoms with Crippen molar-refractivity contribution in [3.05, 3.63) is 0 Å². The van der Waals surface area contributed by atoms with Gasteiger partial charge >= 0.3 is 0 Å². The van der Waals surface area contributed by atoms with Crippen LogP contribution >= 0.6 is 0 Å². The van der Waals surface area contributed by atoms with Gasteiger partial charge in [-0.1, -0.05) is 19.3 Å². The summed E-state index contributed by atoms with van der Waals surface area (Å²) < 4.78 is 22.5. The summed E-state index contributed by atoms with van der Waals surface area (Å²) in [7, 11) is -2.94. The molecule has 1 rings (SSSR count). The summed E-state index contributed by atoms with van der Waals surface area (Å²) in [6.45, 7) is 2.08. The molecule has 0 bridgehead atoms. The van der Waals surface area contributed by atoms with Crippen molar-refractivity contribution < 1.29 is 13.5 Å². The van der Waals surface area contributed by atoms with Gasteiger partial charge in [0.05, 0.1) is 5.75 Å². The standard InChI is InChI=1S/C13H27NO3S/c1-11(10-18(2,16)17)14-13(8-9-15)12-6-4-3-5-7-12/h11-15H,3-10H2,1-2H3. The van der Waals surface area contributed by atoms with E-state index in [-0.39, 0.29) is 24.4 Å². The molecule has 108 valence electrons. The molecule has 0 amide bonds. The molecule has 0 aromatic carbocycles. The number of aliphatic hydroxyl groups is 1. The van der Waals surface area contributed by atoms with E-state index in [1.807, 2.05) is 6.92 Å². The Balaban J connectivity index is 2.50. The summed E-state index contributed by atoms with van der Waals surface area (Å²) in [6.07, 6.45) is 8.21. The third-order valence-electron chi connectivity index (χ3n) is 3.71. The number of aliphatic hydroxyl groups excluding tert-OH is 1.